The number of guanidine groups is 1. The summed E-state index contributed by atoms with van der Waals surface area (Å²) in [5.74, 6) is -0.354. The SMILES string of the molecule is CCCCCCCCCCCCCCN(CCCCCCCCCCCC)C(=O)[C@H](CCCCN)NC(=O)[C@@H](N)CCCNC(=N)N. The van der Waals surface area contributed by atoms with Crippen LogP contribution >= 0.6 is 0 Å². The number of hydrogen-bond acceptors (Lipinski definition) is 5. The highest BCUT2D eigenvalue weighted by molar-refractivity contribution is 5.89. The molecule has 0 bridgehead atoms. The van der Waals surface area contributed by atoms with E-state index in [-0.39, 0.29) is 17.8 Å². The van der Waals surface area contributed by atoms with Crippen LogP contribution in [0.5, 0.6) is 0 Å². The Morgan fingerprint density at radius 2 is 1.04 bits per heavy atom. The van der Waals surface area contributed by atoms with E-state index in [1.165, 1.54) is 116 Å². The van der Waals surface area contributed by atoms with Crippen LogP contribution in [-0.2, 0) is 9.59 Å². The molecule has 0 aromatic heterocycles. The summed E-state index contributed by atoms with van der Waals surface area (Å²) < 4.78 is 0. The van der Waals surface area contributed by atoms with Crippen LogP contribution in [0.4, 0.5) is 0 Å². The minimum atomic E-state index is -0.708. The van der Waals surface area contributed by atoms with Crippen LogP contribution in [0.15, 0.2) is 0 Å². The summed E-state index contributed by atoms with van der Waals surface area (Å²) in [6, 6.07) is -1.28. The average molecular weight is 666 g/mol. The molecule has 0 aromatic carbocycles. The summed E-state index contributed by atoms with van der Waals surface area (Å²) >= 11 is 0. The molecule has 0 rings (SSSR count). The van der Waals surface area contributed by atoms with Gasteiger partial charge in [-0.2, -0.15) is 0 Å². The molecule has 278 valence electrons. The molecule has 0 fully saturated rings. The fourth-order valence-corrected chi connectivity index (χ4v) is 6.19. The Bertz CT molecular complexity index is 737. The lowest BCUT2D eigenvalue weighted by Crippen LogP contribution is -2.53. The largest absolute Gasteiger partial charge is 0.370 e. The maximum Gasteiger partial charge on any atom is 0.245 e. The number of rotatable bonds is 35. The fourth-order valence-electron chi connectivity index (χ4n) is 6.19. The first-order valence-corrected chi connectivity index (χ1v) is 20.0. The molecule has 9 nitrogen and oxygen atoms in total. The van der Waals surface area contributed by atoms with Gasteiger partial charge in [0.25, 0.3) is 0 Å². The van der Waals surface area contributed by atoms with Gasteiger partial charge < -0.3 is 32.7 Å². The molecule has 0 aliphatic heterocycles. The Kier molecular flexibility index (Phi) is 32.7. The van der Waals surface area contributed by atoms with Crippen molar-refractivity contribution < 1.29 is 9.59 Å². The smallest absolute Gasteiger partial charge is 0.245 e. The molecule has 0 radical (unpaired) electrons. The molecule has 9 heteroatoms. The second-order valence-electron chi connectivity index (χ2n) is 13.8. The van der Waals surface area contributed by atoms with Gasteiger partial charge in [-0.25, -0.2) is 0 Å². The van der Waals surface area contributed by atoms with E-state index in [0.29, 0.717) is 32.4 Å². The van der Waals surface area contributed by atoms with E-state index in [2.05, 4.69) is 24.5 Å². The monoisotopic (exact) mass is 666 g/mol. The van der Waals surface area contributed by atoms with E-state index in [0.717, 1.165) is 51.6 Å². The number of carbonyl (C=O) groups is 2. The van der Waals surface area contributed by atoms with Crippen molar-refractivity contribution in [1.29, 1.82) is 5.41 Å². The Hall–Kier alpha value is -1.87. The van der Waals surface area contributed by atoms with E-state index in [4.69, 9.17) is 22.6 Å². The molecule has 0 aliphatic carbocycles. The molecule has 0 heterocycles. The van der Waals surface area contributed by atoms with Crippen molar-refractivity contribution in [2.24, 2.45) is 17.2 Å². The van der Waals surface area contributed by atoms with Crippen LogP contribution in [-0.4, -0.2) is 60.9 Å². The number of amides is 2. The van der Waals surface area contributed by atoms with Crippen molar-refractivity contribution in [3.8, 4) is 0 Å². The third-order valence-electron chi connectivity index (χ3n) is 9.28. The summed E-state index contributed by atoms with van der Waals surface area (Å²) in [5, 5.41) is 13.0. The van der Waals surface area contributed by atoms with Crippen LogP contribution in [0, 0.1) is 5.41 Å². The van der Waals surface area contributed by atoms with Crippen LogP contribution < -0.4 is 27.8 Å². The first kappa shape index (κ1) is 45.1. The molecule has 0 saturated carbocycles. The predicted octanol–water partition coefficient (Wildman–Crippen LogP) is 7.64. The van der Waals surface area contributed by atoms with Crippen molar-refractivity contribution >= 4 is 17.8 Å². The van der Waals surface area contributed by atoms with Gasteiger partial charge in [-0.05, 0) is 51.5 Å². The minimum Gasteiger partial charge on any atom is -0.370 e. The molecule has 0 spiro atoms. The first-order chi connectivity index (χ1) is 22.9. The summed E-state index contributed by atoms with van der Waals surface area (Å²) in [7, 11) is 0. The van der Waals surface area contributed by atoms with Crippen LogP contribution in [0.25, 0.3) is 0 Å². The summed E-state index contributed by atoms with van der Waals surface area (Å²) in [6.45, 7) is 7.08. The van der Waals surface area contributed by atoms with Crippen LogP contribution in [0.1, 0.15) is 187 Å². The second-order valence-corrected chi connectivity index (χ2v) is 13.8. The molecule has 0 aliphatic rings. The van der Waals surface area contributed by atoms with Gasteiger partial charge in [0.15, 0.2) is 5.96 Å². The van der Waals surface area contributed by atoms with Gasteiger partial charge in [0.1, 0.15) is 6.04 Å². The highest BCUT2D eigenvalue weighted by atomic mass is 16.2. The standard InChI is InChI=1S/C38H79N7O2/c1-3-5-7-9-11-13-15-16-18-20-22-26-33-45(32-25-21-19-17-14-12-10-8-6-4-2)37(47)35(29-23-24-30-39)44-36(46)34(40)28-27-31-43-38(41)42/h34-35H,3-33,39-40H2,1-2H3,(H,44,46)(H4,41,42,43)/t34-,35-/m0/s1. The highest BCUT2D eigenvalue weighted by Crippen LogP contribution is 2.15. The van der Waals surface area contributed by atoms with E-state index in [9.17, 15) is 9.59 Å². The lowest BCUT2D eigenvalue weighted by molar-refractivity contribution is -0.137. The van der Waals surface area contributed by atoms with Crippen molar-refractivity contribution in [2.75, 3.05) is 26.2 Å². The summed E-state index contributed by atoms with van der Waals surface area (Å²) in [6.07, 6.45) is 31.4. The third-order valence-corrected chi connectivity index (χ3v) is 9.28. The fraction of sp³-hybridized carbons (Fsp3) is 0.921. The van der Waals surface area contributed by atoms with Gasteiger partial charge in [-0.15, -0.1) is 0 Å². The highest BCUT2D eigenvalue weighted by Gasteiger charge is 2.27. The second kappa shape index (κ2) is 34.0. The first-order valence-electron chi connectivity index (χ1n) is 20.0. The lowest BCUT2D eigenvalue weighted by atomic mass is 10.0. The van der Waals surface area contributed by atoms with Gasteiger partial charge in [-0.1, -0.05) is 142 Å². The number of hydrogen-bond donors (Lipinski definition) is 6. The predicted molar refractivity (Wildman–Crippen MR) is 201 cm³/mol. The number of carbonyl (C=O) groups excluding carboxylic acids is 2. The normalized spacial score (nSPS) is 12.5. The zero-order chi connectivity index (χ0) is 34.8. The number of nitrogens with two attached hydrogens (primary N) is 3. The Morgan fingerprint density at radius 1 is 0.617 bits per heavy atom. The maximum absolute atomic E-state index is 13.9. The molecule has 0 unspecified atom stereocenters. The number of nitrogens with zero attached hydrogens (tertiary/aromatic N) is 1. The van der Waals surface area contributed by atoms with Gasteiger partial charge in [0.05, 0.1) is 6.04 Å². The van der Waals surface area contributed by atoms with E-state index in [1.807, 2.05) is 4.90 Å². The van der Waals surface area contributed by atoms with E-state index in [1.54, 1.807) is 0 Å². The Labute approximate surface area is 290 Å². The Morgan fingerprint density at radius 3 is 1.45 bits per heavy atom. The van der Waals surface area contributed by atoms with Crippen LogP contribution in [0.2, 0.25) is 0 Å². The summed E-state index contributed by atoms with van der Waals surface area (Å²) in [5.41, 5.74) is 17.3. The van der Waals surface area contributed by atoms with E-state index >= 15 is 0 Å². The topological polar surface area (TPSA) is 163 Å². The quantitative estimate of drug-likeness (QED) is 0.0231. The molecule has 9 N–H and O–H groups in total. The molecular formula is C38H79N7O2. The zero-order valence-electron chi connectivity index (χ0n) is 31.1. The van der Waals surface area contributed by atoms with Crippen LogP contribution in [0.3, 0.4) is 0 Å². The maximum atomic E-state index is 13.9. The van der Waals surface area contributed by atoms with Gasteiger partial charge in [0.2, 0.25) is 11.8 Å². The molecule has 0 saturated heterocycles. The number of unbranched alkanes of at least 4 members (excludes halogenated alkanes) is 21. The van der Waals surface area contributed by atoms with Gasteiger partial charge in [-0.3, -0.25) is 15.0 Å². The van der Waals surface area contributed by atoms with Crippen molar-refractivity contribution in [2.45, 2.75) is 199 Å². The summed E-state index contributed by atoms with van der Waals surface area (Å²) in [4.78, 5) is 29.0. The molecule has 0 aromatic rings. The van der Waals surface area contributed by atoms with E-state index < -0.39 is 12.1 Å². The van der Waals surface area contributed by atoms with Crippen molar-refractivity contribution in [1.82, 2.24) is 15.5 Å². The van der Waals surface area contributed by atoms with Crippen molar-refractivity contribution in [3.63, 3.8) is 0 Å². The van der Waals surface area contributed by atoms with Gasteiger partial charge >= 0.3 is 0 Å². The van der Waals surface area contributed by atoms with Crippen molar-refractivity contribution in [3.05, 3.63) is 0 Å². The lowest BCUT2D eigenvalue weighted by Gasteiger charge is -2.29. The Balaban J connectivity index is 4.94. The third kappa shape index (κ3) is 28.8. The molecule has 2 amide bonds. The van der Waals surface area contributed by atoms with Gasteiger partial charge in [0, 0.05) is 19.6 Å². The molecule has 47 heavy (non-hydrogen) atoms. The number of nitrogens with one attached hydrogen (secondary N) is 3. The molecular weight excluding hydrogens is 586 g/mol. The zero-order valence-corrected chi connectivity index (χ0v) is 31.1. The minimum absolute atomic E-state index is 0.0276. The average Bonchev–Trinajstić information content (AvgIpc) is 3.06. The molecule has 2 atom stereocenters.